The summed E-state index contributed by atoms with van der Waals surface area (Å²) in [5.74, 6) is 1.22. The van der Waals surface area contributed by atoms with E-state index in [1.807, 2.05) is 24.3 Å². The van der Waals surface area contributed by atoms with Gasteiger partial charge in [-0.25, -0.2) is 0 Å². The lowest BCUT2D eigenvalue weighted by Gasteiger charge is -2.08. The molecule has 0 aliphatic heterocycles. The number of non-ortho nitro benzene ring substituents is 1. The van der Waals surface area contributed by atoms with Gasteiger partial charge in [-0.3, -0.25) is 15.1 Å². The van der Waals surface area contributed by atoms with Crippen LogP contribution in [0.4, 0.5) is 5.69 Å². The van der Waals surface area contributed by atoms with Gasteiger partial charge >= 0.3 is 0 Å². The third kappa shape index (κ3) is 2.29. The fourth-order valence-electron chi connectivity index (χ4n) is 1.92. The van der Waals surface area contributed by atoms with Gasteiger partial charge in [0.1, 0.15) is 11.5 Å². The van der Waals surface area contributed by atoms with Crippen LogP contribution in [0.2, 0.25) is 0 Å². The van der Waals surface area contributed by atoms with Crippen LogP contribution in [0.5, 0.6) is 11.5 Å². The van der Waals surface area contributed by atoms with Gasteiger partial charge in [-0.05, 0) is 30.3 Å². The quantitative estimate of drug-likeness (QED) is 0.532. The molecule has 1 aromatic heterocycles. The number of ether oxygens (including phenoxy) is 1. The summed E-state index contributed by atoms with van der Waals surface area (Å²) in [4.78, 5) is 14.4. The summed E-state index contributed by atoms with van der Waals surface area (Å²) < 4.78 is 5.76. The molecule has 0 amide bonds. The van der Waals surface area contributed by atoms with E-state index in [4.69, 9.17) is 4.74 Å². The highest BCUT2D eigenvalue weighted by Gasteiger charge is 2.07. The topological polar surface area (TPSA) is 65.3 Å². The van der Waals surface area contributed by atoms with Gasteiger partial charge in [0, 0.05) is 23.7 Å². The first-order chi connectivity index (χ1) is 9.74. The van der Waals surface area contributed by atoms with E-state index in [-0.39, 0.29) is 5.69 Å². The normalized spacial score (nSPS) is 10.4. The largest absolute Gasteiger partial charge is 0.457 e. The number of benzene rings is 2. The number of pyridine rings is 1. The Bertz CT molecular complexity index is 764. The summed E-state index contributed by atoms with van der Waals surface area (Å²) in [5.41, 5.74) is 0.879. The van der Waals surface area contributed by atoms with E-state index in [9.17, 15) is 10.1 Å². The van der Waals surface area contributed by atoms with Gasteiger partial charge in [0.15, 0.2) is 0 Å². The summed E-state index contributed by atoms with van der Waals surface area (Å²) in [6.45, 7) is 0. The van der Waals surface area contributed by atoms with Crippen LogP contribution in [0.1, 0.15) is 0 Å². The molecule has 3 aromatic rings. The van der Waals surface area contributed by atoms with Gasteiger partial charge in [-0.15, -0.1) is 0 Å². The molecule has 5 heteroatoms. The molecule has 0 N–H and O–H groups in total. The van der Waals surface area contributed by atoms with Crippen molar-refractivity contribution in [1.82, 2.24) is 4.98 Å². The molecule has 5 nitrogen and oxygen atoms in total. The van der Waals surface area contributed by atoms with Crippen molar-refractivity contribution >= 4 is 16.6 Å². The van der Waals surface area contributed by atoms with E-state index in [0.717, 1.165) is 10.9 Å². The lowest BCUT2D eigenvalue weighted by Crippen LogP contribution is -1.89. The van der Waals surface area contributed by atoms with E-state index in [0.29, 0.717) is 11.5 Å². The van der Waals surface area contributed by atoms with Gasteiger partial charge in [0.05, 0.1) is 10.4 Å². The van der Waals surface area contributed by atoms with Gasteiger partial charge < -0.3 is 4.74 Å². The third-order valence-electron chi connectivity index (χ3n) is 2.88. The summed E-state index contributed by atoms with van der Waals surface area (Å²) >= 11 is 0. The van der Waals surface area contributed by atoms with Crippen LogP contribution in [0.3, 0.4) is 0 Å². The van der Waals surface area contributed by atoms with Crippen LogP contribution in [-0.2, 0) is 0 Å². The van der Waals surface area contributed by atoms with Crippen LogP contribution in [-0.4, -0.2) is 9.91 Å². The zero-order valence-electron chi connectivity index (χ0n) is 10.4. The summed E-state index contributed by atoms with van der Waals surface area (Å²) in [6.07, 6.45) is 1.67. The van der Waals surface area contributed by atoms with Gasteiger partial charge in [0.25, 0.3) is 5.69 Å². The Balaban J connectivity index is 1.95. The molecule has 0 radical (unpaired) electrons. The molecule has 0 unspecified atom stereocenters. The number of nitrogens with zero attached hydrogens (tertiary/aromatic N) is 2. The van der Waals surface area contributed by atoms with Crippen molar-refractivity contribution < 1.29 is 9.66 Å². The number of rotatable bonds is 3. The lowest BCUT2D eigenvalue weighted by molar-refractivity contribution is -0.384. The summed E-state index contributed by atoms with van der Waals surface area (Å²) in [6, 6.07) is 15.4. The van der Waals surface area contributed by atoms with Crippen molar-refractivity contribution in [2.45, 2.75) is 0 Å². The Morgan fingerprint density at radius 2 is 1.75 bits per heavy atom. The molecule has 0 atom stereocenters. The molecule has 0 saturated carbocycles. The molecule has 20 heavy (non-hydrogen) atoms. The summed E-state index contributed by atoms with van der Waals surface area (Å²) in [7, 11) is 0. The number of hydrogen-bond acceptors (Lipinski definition) is 4. The molecule has 0 spiro atoms. The summed E-state index contributed by atoms with van der Waals surface area (Å²) in [5, 5.41) is 11.5. The highest BCUT2D eigenvalue weighted by molar-refractivity contribution is 5.84. The van der Waals surface area contributed by atoms with E-state index in [1.54, 1.807) is 24.4 Å². The van der Waals surface area contributed by atoms with Gasteiger partial charge in [-0.1, -0.05) is 12.1 Å². The zero-order chi connectivity index (χ0) is 13.9. The Kier molecular flexibility index (Phi) is 3.01. The van der Waals surface area contributed by atoms with Crippen molar-refractivity contribution in [3.8, 4) is 11.5 Å². The van der Waals surface area contributed by atoms with E-state index in [1.165, 1.54) is 12.1 Å². The monoisotopic (exact) mass is 266 g/mol. The second-order valence-corrected chi connectivity index (χ2v) is 4.18. The van der Waals surface area contributed by atoms with Crippen LogP contribution in [0, 0.1) is 10.1 Å². The predicted molar refractivity (Wildman–Crippen MR) is 74.9 cm³/mol. The lowest BCUT2D eigenvalue weighted by atomic mass is 10.2. The molecule has 0 saturated heterocycles. The van der Waals surface area contributed by atoms with Crippen molar-refractivity contribution in [3.05, 3.63) is 70.9 Å². The second-order valence-electron chi connectivity index (χ2n) is 4.18. The fraction of sp³-hybridized carbons (Fsp3) is 0. The highest BCUT2D eigenvalue weighted by Crippen LogP contribution is 2.29. The molecule has 3 rings (SSSR count). The minimum atomic E-state index is -0.439. The number of aromatic nitrogens is 1. The predicted octanol–water partition coefficient (Wildman–Crippen LogP) is 3.94. The Labute approximate surface area is 114 Å². The molecular formula is C15H10N2O3. The highest BCUT2D eigenvalue weighted by atomic mass is 16.6. The van der Waals surface area contributed by atoms with E-state index >= 15 is 0 Å². The molecule has 0 aliphatic rings. The number of para-hydroxylation sites is 1. The molecule has 98 valence electrons. The van der Waals surface area contributed by atoms with Crippen molar-refractivity contribution in [3.63, 3.8) is 0 Å². The van der Waals surface area contributed by atoms with Crippen molar-refractivity contribution in [2.24, 2.45) is 0 Å². The van der Waals surface area contributed by atoms with Crippen LogP contribution >= 0.6 is 0 Å². The number of nitro groups is 1. The molecular weight excluding hydrogens is 256 g/mol. The molecule has 0 aliphatic carbocycles. The number of hydrogen-bond donors (Lipinski definition) is 0. The number of fused-ring (bicyclic) bond motifs is 1. The first-order valence-corrected chi connectivity index (χ1v) is 6.00. The first kappa shape index (κ1) is 12.1. The Morgan fingerprint density at radius 1 is 1.00 bits per heavy atom. The van der Waals surface area contributed by atoms with Crippen molar-refractivity contribution in [2.75, 3.05) is 0 Å². The minimum absolute atomic E-state index is 0.0388. The van der Waals surface area contributed by atoms with Crippen LogP contribution in [0.15, 0.2) is 60.8 Å². The minimum Gasteiger partial charge on any atom is -0.457 e. The average Bonchev–Trinajstić information content (AvgIpc) is 2.48. The molecule has 0 fully saturated rings. The van der Waals surface area contributed by atoms with Gasteiger partial charge in [-0.2, -0.15) is 0 Å². The third-order valence-corrected chi connectivity index (χ3v) is 2.88. The Hall–Kier alpha value is -2.95. The van der Waals surface area contributed by atoms with Crippen molar-refractivity contribution in [1.29, 1.82) is 0 Å². The van der Waals surface area contributed by atoms with E-state index < -0.39 is 4.92 Å². The smallest absolute Gasteiger partial charge is 0.269 e. The average molecular weight is 266 g/mol. The molecule has 1 heterocycles. The van der Waals surface area contributed by atoms with Gasteiger partial charge in [0.2, 0.25) is 0 Å². The zero-order valence-corrected chi connectivity index (χ0v) is 10.4. The first-order valence-electron chi connectivity index (χ1n) is 6.00. The van der Waals surface area contributed by atoms with Crippen LogP contribution < -0.4 is 4.74 Å². The number of nitro benzene ring substituents is 1. The maximum absolute atomic E-state index is 10.6. The SMILES string of the molecule is O=[N+]([O-])c1ccc(Oc2ccnc3ccccc23)cc1. The maximum Gasteiger partial charge on any atom is 0.269 e. The maximum atomic E-state index is 10.6. The molecule has 0 bridgehead atoms. The molecule has 2 aromatic carbocycles. The van der Waals surface area contributed by atoms with E-state index in [2.05, 4.69) is 4.98 Å². The Morgan fingerprint density at radius 3 is 2.50 bits per heavy atom. The standard InChI is InChI=1S/C15H10N2O3/c18-17(19)11-5-7-12(8-6-11)20-15-9-10-16-14-4-2-1-3-13(14)15/h1-10H. The van der Waals surface area contributed by atoms with Crippen LogP contribution in [0.25, 0.3) is 10.9 Å². The fourth-order valence-corrected chi connectivity index (χ4v) is 1.92. The second kappa shape index (κ2) is 4.97.